The maximum absolute atomic E-state index is 13.7. The molecule has 0 radical (unpaired) electrons. The molecule has 3 aliphatic rings. The quantitative estimate of drug-likeness (QED) is 0.631. The van der Waals surface area contributed by atoms with E-state index in [9.17, 15) is 9.59 Å². The van der Waals surface area contributed by atoms with Crippen LogP contribution in [0.1, 0.15) is 81.6 Å². The van der Waals surface area contributed by atoms with Gasteiger partial charge in [-0.05, 0) is 62.0 Å². The SMILES string of the molecule is Cc1ccccc1C(=O)N1CCCC(C(=O)NC2C=CC=C(C(C)(C)C)C2)[C@@H]1C1CCCC1. The van der Waals surface area contributed by atoms with E-state index >= 15 is 0 Å². The molecule has 3 atom stereocenters. The van der Waals surface area contributed by atoms with Gasteiger partial charge in [0.05, 0.1) is 12.0 Å². The van der Waals surface area contributed by atoms with Crippen molar-refractivity contribution in [2.45, 2.75) is 84.7 Å². The van der Waals surface area contributed by atoms with Crippen LogP contribution in [0.2, 0.25) is 0 Å². The van der Waals surface area contributed by atoms with E-state index in [2.05, 4.69) is 49.2 Å². The molecule has 1 saturated carbocycles. The van der Waals surface area contributed by atoms with Gasteiger partial charge in [-0.25, -0.2) is 0 Å². The summed E-state index contributed by atoms with van der Waals surface area (Å²) in [6.07, 6.45) is 13.6. The summed E-state index contributed by atoms with van der Waals surface area (Å²) in [7, 11) is 0. The van der Waals surface area contributed by atoms with Gasteiger partial charge in [-0.1, -0.05) is 75.6 Å². The first kappa shape index (κ1) is 23.8. The molecule has 1 aromatic rings. The Kier molecular flexibility index (Phi) is 7.11. The Labute approximate surface area is 199 Å². The number of hydrogen-bond donors (Lipinski definition) is 1. The molecule has 4 heteroatoms. The average Bonchev–Trinajstić information content (AvgIpc) is 3.33. The number of nitrogens with one attached hydrogen (secondary N) is 1. The number of nitrogens with zero attached hydrogens (tertiary/aromatic N) is 1. The van der Waals surface area contributed by atoms with E-state index in [1.54, 1.807) is 0 Å². The van der Waals surface area contributed by atoms with E-state index in [4.69, 9.17) is 0 Å². The van der Waals surface area contributed by atoms with Crippen molar-refractivity contribution in [2.24, 2.45) is 17.3 Å². The second-order valence-electron chi connectivity index (χ2n) is 11.2. The predicted molar refractivity (Wildman–Crippen MR) is 134 cm³/mol. The second kappa shape index (κ2) is 9.87. The minimum Gasteiger partial charge on any atom is -0.349 e. The summed E-state index contributed by atoms with van der Waals surface area (Å²) in [6.45, 7) is 9.43. The normalized spacial score (nSPS) is 26.2. The lowest BCUT2D eigenvalue weighted by molar-refractivity contribution is -0.129. The van der Waals surface area contributed by atoms with Gasteiger partial charge in [-0.3, -0.25) is 9.59 Å². The Hall–Kier alpha value is -2.36. The first-order chi connectivity index (χ1) is 15.8. The van der Waals surface area contributed by atoms with Crippen LogP contribution in [0.15, 0.2) is 48.1 Å². The van der Waals surface area contributed by atoms with Gasteiger partial charge in [0, 0.05) is 18.2 Å². The molecule has 1 aromatic carbocycles. The van der Waals surface area contributed by atoms with Crippen molar-refractivity contribution in [2.75, 3.05) is 6.54 Å². The maximum Gasteiger partial charge on any atom is 0.254 e. The van der Waals surface area contributed by atoms with E-state index in [1.807, 2.05) is 31.2 Å². The number of allylic oxidation sites excluding steroid dienone is 2. The lowest BCUT2D eigenvalue weighted by Crippen LogP contribution is -2.56. The van der Waals surface area contributed by atoms with Gasteiger partial charge < -0.3 is 10.2 Å². The van der Waals surface area contributed by atoms with E-state index in [-0.39, 0.29) is 35.2 Å². The average molecular weight is 449 g/mol. The summed E-state index contributed by atoms with van der Waals surface area (Å²) in [5.41, 5.74) is 3.24. The Morgan fingerprint density at radius 3 is 2.45 bits per heavy atom. The van der Waals surface area contributed by atoms with Crippen LogP contribution >= 0.6 is 0 Å². The van der Waals surface area contributed by atoms with Crippen molar-refractivity contribution in [3.63, 3.8) is 0 Å². The summed E-state index contributed by atoms with van der Waals surface area (Å²) < 4.78 is 0. The van der Waals surface area contributed by atoms with E-state index in [1.165, 1.54) is 18.4 Å². The molecule has 4 nitrogen and oxygen atoms in total. The molecule has 33 heavy (non-hydrogen) atoms. The molecule has 2 fully saturated rings. The monoisotopic (exact) mass is 448 g/mol. The molecule has 1 aliphatic heterocycles. The number of likely N-dealkylation sites (tertiary alicyclic amines) is 1. The highest BCUT2D eigenvalue weighted by Crippen LogP contribution is 2.39. The molecular formula is C29H40N2O2. The summed E-state index contributed by atoms with van der Waals surface area (Å²) in [5, 5.41) is 3.35. The van der Waals surface area contributed by atoms with Crippen LogP contribution in [-0.2, 0) is 4.79 Å². The van der Waals surface area contributed by atoms with Gasteiger partial charge in [-0.15, -0.1) is 0 Å². The third-order valence-corrected chi connectivity index (χ3v) is 7.91. The first-order valence-corrected chi connectivity index (χ1v) is 12.8. The fourth-order valence-electron chi connectivity index (χ4n) is 6.02. The molecule has 1 N–H and O–H groups in total. The number of piperidine rings is 1. The van der Waals surface area contributed by atoms with Crippen LogP contribution < -0.4 is 5.32 Å². The van der Waals surface area contributed by atoms with Crippen molar-refractivity contribution in [3.8, 4) is 0 Å². The second-order valence-corrected chi connectivity index (χ2v) is 11.2. The Balaban J connectivity index is 1.54. The van der Waals surface area contributed by atoms with Gasteiger partial charge in [0.1, 0.15) is 0 Å². The topological polar surface area (TPSA) is 49.4 Å². The minimum atomic E-state index is -0.132. The van der Waals surface area contributed by atoms with Gasteiger partial charge in [0.15, 0.2) is 0 Å². The minimum absolute atomic E-state index is 0.00134. The number of aryl methyl sites for hydroxylation is 1. The van der Waals surface area contributed by atoms with Crippen molar-refractivity contribution >= 4 is 11.8 Å². The summed E-state index contributed by atoms with van der Waals surface area (Å²) >= 11 is 0. The molecule has 2 amide bonds. The van der Waals surface area contributed by atoms with Crippen LogP contribution in [0, 0.1) is 24.2 Å². The Morgan fingerprint density at radius 2 is 1.76 bits per heavy atom. The van der Waals surface area contributed by atoms with Gasteiger partial charge in [-0.2, -0.15) is 0 Å². The zero-order valence-electron chi connectivity index (χ0n) is 20.8. The third-order valence-electron chi connectivity index (χ3n) is 7.91. The van der Waals surface area contributed by atoms with Gasteiger partial charge in [0.2, 0.25) is 5.91 Å². The molecule has 0 bridgehead atoms. The number of benzene rings is 1. The number of amides is 2. The highest BCUT2D eigenvalue weighted by Gasteiger charge is 2.44. The van der Waals surface area contributed by atoms with Crippen LogP contribution in [0.5, 0.6) is 0 Å². The van der Waals surface area contributed by atoms with Crippen molar-refractivity contribution < 1.29 is 9.59 Å². The van der Waals surface area contributed by atoms with E-state index < -0.39 is 0 Å². The Bertz CT molecular complexity index is 933. The van der Waals surface area contributed by atoms with Crippen LogP contribution in [0.3, 0.4) is 0 Å². The molecule has 0 aromatic heterocycles. The summed E-state index contributed by atoms with van der Waals surface area (Å²) in [4.78, 5) is 29.4. The number of carbonyl (C=O) groups is 2. The van der Waals surface area contributed by atoms with Crippen molar-refractivity contribution in [3.05, 3.63) is 59.2 Å². The molecule has 178 valence electrons. The van der Waals surface area contributed by atoms with Crippen molar-refractivity contribution in [1.29, 1.82) is 0 Å². The fraction of sp³-hybridized carbons (Fsp3) is 0.586. The highest BCUT2D eigenvalue weighted by molar-refractivity contribution is 5.96. The van der Waals surface area contributed by atoms with Crippen LogP contribution in [0.25, 0.3) is 0 Å². The van der Waals surface area contributed by atoms with Crippen molar-refractivity contribution in [1.82, 2.24) is 10.2 Å². The van der Waals surface area contributed by atoms with Crippen LogP contribution in [-0.4, -0.2) is 35.3 Å². The first-order valence-electron chi connectivity index (χ1n) is 12.8. The van der Waals surface area contributed by atoms with Gasteiger partial charge in [0.25, 0.3) is 5.91 Å². The third kappa shape index (κ3) is 5.26. The predicted octanol–water partition coefficient (Wildman–Crippen LogP) is 5.82. The number of carbonyl (C=O) groups excluding carboxylic acids is 2. The molecule has 2 unspecified atom stereocenters. The number of hydrogen-bond acceptors (Lipinski definition) is 2. The highest BCUT2D eigenvalue weighted by atomic mass is 16.2. The lowest BCUT2D eigenvalue weighted by Gasteiger charge is -2.44. The molecular weight excluding hydrogens is 408 g/mol. The number of rotatable bonds is 4. The molecule has 1 saturated heterocycles. The zero-order chi connectivity index (χ0) is 23.6. The summed E-state index contributed by atoms with van der Waals surface area (Å²) in [6, 6.07) is 7.88. The molecule has 2 aliphatic carbocycles. The largest absolute Gasteiger partial charge is 0.349 e. The summed E-state index contributed by atoms with van der Waals surface area (Å²) in [5.74, 6) is 0.505. The smallest absolute Gasteiger partial charge is 0.254 e. The molecule has 1 heterocycles. The maximum atomic E-state index is 13.7. The van der Waals surface area contributed by atoms with E-state index in [0.29, 0.717) is 5.92 Å². The molecule has 0 spiro atoms. The lowest BCUT2D eigenvalue weighted by atomic mass is 9.78. The zero-order valence-corrected chi connectivity index (χ0v) is 20.8. The fourth-order valence-corrected chi connectivity index (χ4v) is 6.02. The molecule has 4 rings (SSSR count). The van der Waals surface area contributed by atoms with Crippen LogP contribution in [0.4, 0.5) is 0 Å². The standard InChI is InChI=1S/C29H40N2O2/c1-20-11-5-8-16-24(20)28(33)31-18-10-17-25(26(31)21-12-6-7-13-21)27(32)30-23-15-9-14-22(19-23)29(2,3)4/h5,8-9,11,14-16,21,23,25-26H,6-7,10,12-13,17-19H2,1-4H3,(H,30,32)/t23?,25?,26-/m0/s1. The van der Waals surface area contributed by atoms with Gasteiger partial charge >= 0.3 is 0 Å². The Morgan fingerprint density at radius 1 is 1.03 bits per heavy atom. The van der Waals surface area contributed by atoms with E-state index in [0.717, 1.165) is 49.8 Å².